The van der Waals surface area contributed by atoms with Gasteiger partial charge in [-0.05, 0) is 24.6 Å². The molecule has 0 fully saturated rings. The fourth-order valence-corrected chi connectivity index (χ4v) is 1.41. The maximum Gasteiger partial charge on any atom is 0.339 e. The van der Waals surface area contributed by atoms with Gasteiger partial charge < -0.3 is 10.4 Å². The molecule has 0 radical (unpaired) electrons. The first-order chi connectivity index (χ1) is 8.18. The monoisotopic (exact) mass is 229 g/mol. The van der Waals surface area contributed by atoms with Gasteiger partial charge in [-0.3, -0.25) is 9.97 Å². The van der Waals surface area contributed by atoms with Crippen LogP contribution in [0, 0.1) is 6.92 Å². The summed E-state index contributed by atoms with van der Waals surface area (Å²) in [6.07, 6.45) is 6.20. The van der Waals surface area contributed by atoms with Crippen LogP contribution in [0.15, 0.2) is 36.9 Å². The van der Waals surface area contributed by atoms with Crippen LogP contribution in [0.2, 0.25) is 0 Å². The molecule has 2 aromatic rings. The van der Waals surface area contributed by atoms with Gasteiger partial charge in [-0.2, -0.15) is 0 Å². The summed E-state index contributed by atoms with van der Waals surface area (Å²) < 4.78 is 0. The Hall–Kier alpha value is -2.43. The van der Waals surface area contributed by atoms with E-state index >= 15 is 0 Å². The lowest BCUT2D eigenvalue weighted by molar-refractivity contribution is 0.0697. The Labute approximate surface area is 98.2 Å². The summed E-state index contributed by atoms with van der Waals surface area (Å²) in [5, 5.41) is 12.1. The molecular formula is C12H11N3O2. The van der Waals surface area contributed by atoms with E-state index in [0.29, 0.717) is 5.69 Å². The molecule has 0 atom stereocenters. The first-order valence-corrected chi connectivity index (χ1v) is 5.03. The Balaban J connectivity index is 2.37. The number of nitrogens with one attached hydrogen (secondary N) is 1. The van der Waals surface area contributed by atoms with E-state index in [4.69, 9.17) is 5.11 Å². The lowest BCUT2D eigenvalue weighted by Gasteiger charge is -2.10. The van der Waals surface area contributed by atoms with E-state index in [1.165, 1.54) is 6.20 Å². The van der Waals surface area contributed by atoms with Crippen molar-refractivity contribution in [2.24, 2.45) is 0 Å². The van der Waals surface area contributed by atoms with Gasteiger partial charge >= 0.3 is 5.97 Å². The van der Waals surface area contributed by atoms with E-state index in [1.807, 2.05) is 13.0 Å². The summed E-state index contributed by atoms with van der Waals surface area (Å²) in [5.41, 5.74) is 2.41. The molecule has 17 heavy (non-hydrogen) atoms. The maximum absolute atomic E-state index is 11.0. The van der Waals surface area contributed by atoms with Crippen LogP contribution in [0.3, 0.4) is 0 Å². The van der Waals surface area contributed by atoms with Gasteiger partial charge in [0.1, 0.15) is 5.56 Å². The van der Waals surface area contributed by atoms with Crippen LogP contribution in [0.25, 0.3) is 0 Å². The highest BCUT2D eigenvalue weighted by molar-refractivity contribution is 5.94. The summed E-state index contributed by atoms with van der Waals surface area (Å²) in [7, 11) is 0. The predicted molar refractivity (Wildman–Crippen MR) is 63.5 cm³/mol. The minimum atomic E-state index is -1.01. The quantitative estimate of drug-likeness (QED) is 0.844. The number of pyridine rings is 2. The normalized spacial score (nSPS) is 9.94. The molecule has 0 aromatic carbocycles. The predicted octanol–water partition coefficient (Wildman–Crippen LogP) is 2.23. The molecule has 5 heteroatoms. The Morgan fingerprint density at radius 1 is 1.18 bits per heavy atom. The van der Waals surface area contributed by atoms with Crippen molar-refractivity contribution in [3.8, 4) is 0 Å². The fourth-order valence-electron chi connectivity index (χ4n) is 1.41. The largest absolute Gasteiger partial charge is 0.478 e. The summed E-state index contributed by atoms with van der Waals surface area (Å²) in [6.45, 7) is 1.92. The molecule has 2 N–H and O–H groups in total. The zero-order valence-corrected chi connectivity index (χ0v) is 9.21. The lowest BCUT2D eigenvalue weighted by Crippen LogP contribution is -2.04. The Morgan fingerprint density at radius 3 is 2.59 bits per heavy atom. The first kappa shape index (κ1) is 11.1. The van der Waals surface area contributed by atoms with E-state index in [9.17, 15) is 4.79 Å². The van der Waals surface area contributed by atoms with Crippen molar-refractivity contribution < 1.29 is 9.90 Å². The Morgan fingerprint density at radius 2 is 1.88 bits per heavy atom. The molecule has 5 nitrogen and oxygen atoms in total. The van der Waals surface area contributed by atoms with E-state index in [1.54, 1.807) is 24.7 Å². The average Bonchev–Trinajstić information content (AvgIpc) is 2.32. The van der Waals surface area contributed by atoms with Crippen molar-refractivity contribution in [2.45, 2.75) is 6.92 Å². The molecule has 0 spiro atoms. The second-order valence-corrected chi connectivity index (χ2v) is 3.54. The van der Waals surface area contributed by atoms with Gasteiger partial charge in [0.05, 0.1) is 17.6 Å². The molecule has 0 saturated carbocycles. The average molecular weight is 229 g/mol. The van der Waals surface area contributed by atoms with Gasteiger partial charge in [0.2, 0.25) is 0 Å². The zero-order chi connectivity index (χ0) is 12.3. The number of carboxylic acid groups (broad SMARTS) is 1. The molecule has 0 aliphatic carbocycles. The maximum atomic E-state index is 11.0. The van der Waals surface area contributed by atoms with Crippen molar-refractivity contribution in [1.29, 1.82) is 0 Å². The molecule has 0 unspecified atom stereocenters. The number of carboxylic acids is 1. The fraction of sp³-hybridized carbons (Fsp3) is 0.0833. The molecule has 0 amide bonds. The number of nitrogens with zero attached hydrogens (tertiary/aromatic N) is 2. The van der Waals surface area contributed by atoms with E-state index < -0.39 is 5.97 Å². The Kier molecular flexibility index (Phi) is 3.00. The van der Waals surface area contributed by atoms with Gasteiger partial charge in [-0.15, -0.1) is 0 Å². The number of aromatic nitrogens is 2. The summed E-state index contributed by atoms with van der Waals surface area (Å²) in [5.74, 6) is -1.01. The number of hydrogen-bond acceptors (Lipinski definition) is 4. The zero-order valence-electron chi connectivity index (χ0n) is 9.21. The van der Waals surface area contributed by atoms with Crippen LogP contribution >= 0.6 is 0 Å². The number of carbonyl (C=O) groups is 1. The molecule has 0 saturated heterocycles. The summed E-state index contributed by atoms with van der Waals surface area (Å²) >= 11 is 0. The minimum Gasteiger partial charge on any atom is -0.478 e. The van der Waals surface area contributed by atoms with Crippen molar-refractivity contribution in [3.05, 3.63) is 48.0 Å². The first-order valence-electron chi connectivity index (χ1n) is 5.03. The number of aromatic carboxylic acids is 1. The second kappa shape index (κ2) is 4.61. The second-order valence-electron chi connectivity index (χ2n) is 3.54. The van der Waals surface area contributed by atoms with E-state index in [0.717, 1.165) is 11.3 Å². The van der Waals surface area contributed by atoms with Crippen LogP contribution in [0.4, 0.5) is 11.4 Å². The molecule has 0 bridgehead atoms. The van der Waals surface area contributed by atoms with Gasteiger partial charge in [0.15, 0.2) is 0 Å². The van der Waals surface area contributed by atoms with Crippen LogP contribution in [-0.4, -0.2) is 21.0 Å². The standard InChI is InChI=1S/C12H11N3O2/c1-8-2-4-14-7-11(8)15-10-3-5-13-6-9(10)12(16)17/h2-7H,1H3,(H,13,15)(H,16,17). The van der Waals surface area contributed by atoms with Crippen molar-refractivity contribution in [3.63, 3.8) is 0 Å². The van der Waals surface area contributed by atoms with Crippen LogP contribution < -0.4 is 5.32 Å². The number of rotatable bonds is 3. The number of aryl methyl sites for hydroxylation is 1. The number of anilines is 2. The molecule has 2 aromatic heterocycles. The number of hydrogen-bond donors (Lipinski definition) is 2. The van der Waals surface area contributed by atoms with E-state index in [-0.39, 0.29) is 5.56 Å². The SMILES string of the molecule is Cc1ccncc1Nc1ccncc1C(=O)O. The van der Waals surface area contributed by atoms with Gasteiger partial charge in [0.25, 0.3) is 0 Å². The molecule has 2 heterocycles. The van der Waals surface area contributed by atoms with Crippen LogP contribution in [-0.2, 0) is 0 Å². The summed E-state index contributed by atoms with van der Waals surface area (Å²) in [6, 6.07) is 3.47. The lowest BCUT2D eigenvalue weighted by atomic mass is 10.2. The molecule has 0 aliphatic rings. The third-order valence-electron chi connectivity index (χ3n) is 2.36. The van der Waals surface area contributed by atoms with Crippen molar-refractivity contribution >= 4 is 17.3 Å². The van der Waals surface area contributed by atoms with Crippen molar-refractivity contribution in [2.75, 3.05) is 5.32 Å². The van der Waals surface area contributed by atoms with Gasteiger partial charge in [-0.1, -0.05) is 0 Å². The minimum absolute atomic E-state index is 0.135. The van der Waals surface area contributed by atoms with Gasteiger partial charge in [0, 0.05) is 18.6 Å². The molecule has 86 valence electrons. The smallest absolute Gasteiger partial charge is 0.339 e. The van der Waals surface area contributed by atoms with E-state index in [2.05, 4.69) is 15.3 Å². The van der Waals surface area contributed by atoms with Crippen molar-refractivity contribution in [1.82, 2.24) is 9.97 Å². The van der Waals surface area contributed by atoms with Crippen LogP contribution in [0.1, 0.15) is 15.9 Å². The van der Waals surface area contributed by atoms with Gasteiger partial charge in [-0.25, -0.2) is 4.79 Å². The Bertz CT molecular complexity index is 555. The topological polar surface area (TPSA) is 75.1 Å². The third-order valence-corrected chi connectivity index (χ3v) is 2.36. The molecule has 2 rings (SSSR count). The van der Waals surface area contributed by atoms with Crippen LogP contribution in [0.5, 0.6) is 0 Å². The molecular weight excluding hydrogens is 218 g/mol. The molecule has 0 aliphatic heterocycles. The summed E-state index contributed by atoms with van der Waals surface area (Å²) in [4.78, 5) is 18.8. The third kappa shape index (κ3) is 2.39. The highest BCUT2D eigenvalue weighted by Crippen LogP contribution is 2.21. The highest BCUT2D eigenvalue weighted by Gasteiger charge is 2.10. The highest BCUT2D eigenvalue weighted by atomic mass is 16.4.